The van der Waals surface area contributed by atoms with Gasteiger partial charge in [-0.15, -0.1) is 0 Å². The number of rotatable bonds is 5. The van der Waals surface area contributed by atoms with Gasteiger partial charge in [0.2, 0.25) is 5.91 Å². The second kappa shape index (κ2) is 6.91. The van der Waals surface area contributed by atoms with Gasteiger partial charge in [-0.2, -0.15) is 5.26 Å². The number of hydrogen-bond acceptors (Lipinski definition) is 4. The van der Waals surface area contributed by atoms with E-state index in [0.29, 0.717) is 11.3 Å². The van der Waals surface area contributed by atoms with Crippen LogP contribution in [0.3, 0.4) is 0 Å². The molecule has 0 aliphatic rings. The second-order valence-electron chi connectivity index (χ2n) is 4.22. The Hall–Kier alpha value is -3.07. The molecule has 0 bridgehead atoms. The highest BCUT2D eigenvalue weighted by Crippen LogP contribution is 2.08. The van der Waals surface area contributed by atoms with Crippen LogP contribution in [-0.2, 0) is 4.79 Å². The maximum Gasteiger partial charge on any atom is 0.286 e. The van der Waals surface area contributed by atoms with Crippen molar-refractivity contribution in [1.82, 2.24) is 5.32 Å². The summed E-state index contributed by atoms with van der Waals surface area (Å²) >= 11 is 0. The molecule has 2 amide bonds. The molecule has 106 valence electrons. The van der Waals surface area contributed by atoms with E-state index in [1.54, 1.807) is 36.4 Å². The second-order valence-corrected chi connectivity index (χ2v) is 4.22. The number of nitriles is 1. The molecule has 6 heteroatoms. The topological polar surface area (TPSA) is 95.1 Å². The molecule has 1 heterocycles. The van der Waals surface area contributed by atoms with E-state index in [4.69, 9.17) is 9.68 Å². The summed E-state index contributed by atoms with van der Waals surface area (Å²) in [5, 5.41) is 13.9. The molecule has 2 aromatic rings. The summed E-state index contributed by atoms with van der Waals surface area (Å²) in [6.45, 7) is 0.210. The Balaban J connectivity index is 1.74. The van der Waals surface area contributed by atoms with Crippen LogP contribution in [-0.4, -0.2) is 18.4 Å². The summed E-state index contributed by atoms with van der Waals surface area (Å²) in [6.07, 6.45) is 1.55. The molecule has 0 saturated carbocycles. The fourth-order valence-electron chi connectivity index (χ4n) is 1.64. The molecule has 6 nitrogen and oxygen atoms in total. The first-order valence-corrected chi connectivity index (χ1v) is 6.31. The number of benzene rings is 1. The van der Waals surface area contributed by atoms with Crippen LogP contribution in [0.4, 0.5) is 5.69 Å². The van der Waals surface area contributed by atoms with E-state index in [1.165, 1.54) is 6.26 Å². The summed E-state index contributed by atoms with van der Waals surface area (Å²) in [5.74, 6) is -0.367. The van der Waals surface area contributed by atoms with Crippen molar-refractivity contribution in [1.29, 1.82) is 5.26 Å². The average molecular weight is 283 g/mol. The van der Waals surface area contributed by atoms with Crippen LogP contribution in [0.5, 0.6) is 0 Å². The number of anilines is 1. The molecular formula is C15H13N3O3. The van der Waals surface area contributed by atoms with Gasteiger partial charge in [-0.3, -0.25) is 9.59 Å². The number of hydrogen-bond donors (Lipinski definition) is 2. The molecule has 0 radical (unpaired) electrons. The van der Waals surface area contributed by atoms with Crippen molar-refractivity contribution in [2.24, 2.45) is 0 Å². The van der Waals surface area contributed by atoms with Crippen molar-refractivity contribution in [2.75, 3.05) is 11.9 Å². The van der Waals surface area contributed by atoms with Crippen molar-refractivity contribution in [2.45, 2.75) is 6.42 Å². The van der Waals surface area contributed by atoms with E-state index >= 15 is 0 Å². The van der Waals surface area contributed by atoms with Gasteiger partial charge in [0.1, 0.15) is 0 Å². The highest BCUT2D eigenvalue weighted by Gasteiger charge is 2.08. The fourth-order valence-corrected chi connectivity index (χ4v) is 1.64. The maximum absolute atomic E-state index is 11.7. The zero-order valence-electron chi connectivity index (χ0n) is 11.1. The fraction of sp³-hybridized carbons (Fsp3) is 0.133. The first-order valence-electron chi connectivity index (χ1n) is 6.31. The zero-order chi connectivity index (χ0) is 15.1. The standard InChI is InChI=1S/C15H13N3O3/c16-10-11-3-5-12(6-4-11)18-14(19)7-8-17-15(20)13-2-1-9-21-13/h1-6,9H,7-8H2,(H,17,20)(H,18,19). The van der Waals surface area contributed by atoms with Gasteiger partial charge in [0.15, 0.2) is 5.76 Å². The number of amides is 2. The quantitative estimate of drug-likeness (QED) is 0.876. The van der Waals surface area contributed by atoms with Crippen LogP contribution in [0.25, 0.3) is 0 Å². The summed E-state index contributed by atoms with van der Waals surface area (Å²) < 4.78 is 4.93. The van der Waals surface area contributed by atoms with Gasteiger partial charge >= 0.3 is 0 Å². The Kier molecular flexibility index (Phi) is 4.72. The normalized spacial score (nSPS) is 9.67. The Morgan fingerprint density at radius 2 is 1.95 bits per heavy atom. The Morgan fingerprint density at radius 1 is 1.19 bits per heavy atom. The smallest absolute Gasteiger partial charge is 0.286 e. The number of nitrogens with one attached hydrogen (secondary N) is 2. The van der Waals surface area contributed by atoms with Crippen LogP contribution >= 0.6 is 0 Å². The Labute approximate surface area is 121 Å². The summed E-state index contributed by atoms with van der Waals surface area (Å²) in [6, 6.07) is 11.7. The monoisotopic (exact) mass is 283 g/mol. The number of carbonyl (C=O) groups excluding carboxylic acids is 2. The minimum absolute atomic E-state index is 0.145. The lowest BCUT2D eigenvalue weighted by atomic mass is 10.2. The van der Waals surface area contributed by atoms with E-state index in [0.717, 1.165) is 0 Å². The van der Waals surface area contributed by atoms with Crippen LogP contribution in [0.2, 0.25) is 0 Å². The van der Waals surface area contributed by atoms with Crippen LogP contribution in [0.1, 0.15) is 22.5 Å². The third kappa shape index (κ3) is 4.21. The average Bonchev–Trinajstić information content (AvgIpc) is 3.02. The Bertz CT molecular complexity index is 654. The van der Waals surface area contributed by atoms with Crippen LogP contribution < -0.4 is 10.6 Å². The zero-order valence-corrected chi connectivity index (χ0v) is 11.1. The minimum Gasteiger partial charge on any atom is -0.459 e. The van der Waals surface area contributed by atoms with Crippen molar-refractivity contribution < 1.29 is 14.0 Å². The molecule has 2 rings (SSSR count). The van der Waals surface area contributed by atoms with Crippen LogP contribution in [0, 0.1) is 11.3 Å². The third-order valence-electron chi connectivity index (χ3n) is 2.68. The van der Waals surface area contributed by atoms with Crippen LogP contribution in [0.15, 0.2) is 47.1 Å². The highest BCUT2D eigenvalue weighted by molar-refractivity contribution is 5.93. The Morgan fingerprint density at radius 3 is 2.57 bits per heavy atom. The van der Waals surface area contributed by atoms with E-state index in [-0.39, 0.29) is 30.5 Å². The van der Waals surface area contributed by atoms with Gasteiger partial charge in [0.05, 0.1) is 17.9 Å². The minimum atomic E-state index is -0.355. The maximum atomic E-state index is 11.7. The molecule has 1 aromatic heterocycles. The predicted octanol–water partition coefficient (Wildman–Crippen LogP) is 1.91. The molecule has 0 atom stereocenters. The lowest BCUT2D eigenvalue weighted by Gasteiger charge is -2.06. The van der Waals surface area contributed by atoms with Gasteiger partial charge in [0.25, 0.3) is 5.91 Å². The lowest BCUT2D eigenvalue weighted by Crippen LogP contribution is -2.27. The highest BCUT2D eigenvalue weighted by atomic mass is 16.3. The van der Waals surface area contributed by atoms with Gasteiger partial charge in [-0.1, -0.05) is 0 Å². The number of furan rings is 1. The van der Waals surface area contributed by atoms with Crippen molar-refractivity contribution in [3.63, 3.8) is 0 Å². The van der Waals surface area contributed by atoms with E-state index in [1.807, 2.05) is 6.07 Å². The third-order valence-corrected chi connectivity index (χ3v) is 2.68. The molecule has 1 aromatic carbocycles. The first kappa shape index (κ1) is 14.3. The molecular weight excluding hydrogens is 270 g/mol. The molecule has 0 saturated heterocycles. The predicted molar refractivity (Wildman–Crippen MR) is 75.4 cm³/mol. The molecule has 21 heavy (non-hydrogen) atoms. The van der Waals surface area contributed by atoms with Gasteiger partial charge < -0.3 is 15.1 Å². The first-order chi connectivity index (χ1) is 10.2. The van der Waals surface area contributed by atoms with Crippen molar-refractivity contribution >= 4 is 17.5 Å². The van der Waals surface area contributed by atoms with Gasteiger partial charge in [-0.25, -0.2) is 0 Å². The molecule has 2 N–H and O–H groups in total. The summed E-state index contributed by atoms with van der Waals surface area (Å²) in [5.41, 5.74) is 1.13. The SMILES string of the molecule is N#Cc1ccc(NC(=O)CCNC(=O)c2ccco2)cc1. The molecule has 0 aliphatic carbocycles. The van der Waals surface area contributed by atoms with Crippen molar-refractivity contribution in [3.8, 4) is 6.07 Å². The molecule has 0 fully saturated rings. The summed E-state index contributed by atoms with van der Waals surface area (Å²) in [7, 11) is 0. The van der Waals surface area contributed by atoms with Crippen molar-refractivity contribution in [3.05, 3.63) is 54.0 Å². The number of nitrogens with zero attached hydrogens (tertiary/aromatic N) is 1. The number of carbonyl (C=O) groups is 2. The molecule has 0 aliphatic heterocycles. The summed E-state index contributed by atoms with van der Waals surface area (Å²) in [4.78, 5) is 23.2. The molecule has 0 unspecified atom stereocenters. The van der Waals surface area contributed by atoms with Gasteiger partial charge in [0, 0.05) is 18.7 Å². The van der Waals surface area contributed by atoms with E-state index in [9.17, 15) is 9.59 Å². The molecule has 0 spiro atoms. The van der Waals surface area contributed by atoms with E-state index in [2.05, 4.69) is 10.6 Å². The van der Waals surface area contributed by atoms with Gasteiger partial charge in [-0.05, 0) is 36.4 Å². The lowest BCUT2D eigenvalue weighted by molar-refractivity contribution is -0.116. The van der Waals surface area contributed by atoms with E-state index < -0.39 is 0 Å². The largest absolute Gasteiger partial charge is 0.459 e.